The van der Waals surface area contributed by atoms with Crippen molar-refractivity contribution in [2.45, 2.75) is 12.8 Å². The van der Waals surface area contributed by atoms with Gasteiger partial charge in [0.15, 0.2) is 0 Å². The van der Waals surface area contributed by atoms with Gasteiger partial charge < -0.3 is 10.4 Å². The minimum absolute atomic E-state index is 0.0108. The summed E-state index contributed by atoms with van der Waals surface area (Å²) in [7, 11) is 0. The Morgan fingerprint density at radius 2 is 1.88 bits per heavy atom. The monoisotopic (exact) mass is 341 g/mol. The van der Waals surface area contributed by atoms with E-state index in [1.165, 1.54) is 18.3 Å². The Kier molecular flexibility index (Phi) is 5.94. The van der Waals surface area contributed by atoms with E-state index < -0.39 is 10.9 Å². The third kappa shape index (κ3) is 5.87. The molecule has 0 aliphatic rings. The quantitative estimate of drug-likeness (QED) is 0.455. The molecule has 8 heteroatoms. The van der Waals surface area contributed by atoms with Crippen molar-refractivity contribution in [3.63, 3.8) is 0 Å². The minimum Gasteiger partial charge on any atom is -0.481 e. The van der Waals surface area contributed by atoms with E-state index in [0.29, 0.717) is 16.9 Å². The molecule has 0 saturated heterocycles. The van der Waals surface area contributed by atoms with Crippen LogP contribution in [0.5, 0.6) is 0 Å². The molecule has 2 aromatic carbocycles. The first-order valence-electron chi connectivity index (χ1n) is 7.34. The summed E-state index contributed by atoms with van der Waals surface area (Å²) in [5, 5.41) is 21.9. The van der Waals surface area contributed by atoms with Crippen LogP contribution >= 0.6 is 0 Å². The summed E-state index contributed by atoms with van der Waals surface area (Å²) in [6.45, 7) is 0. The molecule has 0 aliphatic carbocycles. The van der Waals surface area contributed by atoms with Gasteiger partial charge in [0.05, 0.1) is 17.0 Å². The van der Waals surface area contributed by atoms with E-state index in [-0.39, 0.29) is 24.4 Å². The number of benzene rings is 2. The Labute approximate surface area is 143 Å². The fraction of sp³-hybridized carbons (Fsp3) is 0.118. The highest BCUT2D eigenvalue weighted by Gasteiger charge is 2.06. The van der Waals surface area contributed by atoms with Crippen LogP contribution in [0.3, 0.4) is 0 Å². The van der Waals surface area contributed by atoms with E-state index in [4.69, 9.17) is 5.11 Å². The van der Waals surface area contributed by atoms with E-state index >= 15 is 0 Å². The van der Waals surface area contributed by atoms with E-state index in [0.717, 1.165) is 0 Å². The lowest BCUT2D eigenvalue weighted by Gasteiger charge is -2.04. The summed E-state index contributed by atoms with van der Waals surface area (Å²) in [6.07, 6.45) is 1.19. The van der Waals surface area contributed by atoms with Gasteiger partial charge in [-0.25, -0.2) is 0 Å². The molecule has 0 atom stereocenters. The van der Waals surface area contributed by atoms with Crippen molar-refractivity contribution in [1.82, 2.24) is 0 Å². The van der Waals surface area contributed by atoms with Gasteiger partial charge in [0.2, 0.25) is 5.91 Å². The van der Waals surface area contributed by atoms with Gasteiger partial charge in [0.25, 0.3) is 5.69 Å². The fourth-order valence-electron chi connectivity index (χ4n) is 1.94. The van der Waals surface area contributed by atoms with Crippen LogP contribution in [0.15, 0.2) is 53.5 Å². The van der Waals surface area contributed by atoms with Gasteiger partial charge in [0.1, 0.15) is 0 Å². The molecule has 0 fully saturated rings. The second-order valence-corrected chi connectivity index (χ2v) is 5.10. The third-order valence-electron chi connectivity index (χ3n) is 3.16. The standard InChI is InChI=1S/C17H15N3O5/c21-16(8-9-17(22)23)19-14-6-4-13(5-7-14)18-11-12-2-1-3-15(10-12)20(24)25/h1-7,10-11H,8-9H2,(H,19,21)(H,22,23). The molecule has 0 bridgehead atoms. The number of carbonyl (C=O) groups excluding carboxylic acids is 1. The Balaban J connectivity index is 1.98. The van der Waals surface area contributed by atoms with Gasteiger partial charge in [-0.2, -0.15) is 0 Å². The van der Waals surface area contributed by atoms with Crippen molar-refractivity contribution in [2.75, 3.05) is 5.32 Å². The number of nitro benzene ring substituents is 1. The number of rotatable bonds is 7. The molecule has 0 unspecified atom stereocenters. The number of carboxylic acid groups (broad SMARTS) is 1. The predicted octanol–water partition coefficient (Wildman–Crippen LogP) is 3.15. The second kappa shape index (κ2) is 8.34. The smallest absolute Gasteiger partial charge is 0.303 e. The number of nitrogens with zero attached hydrogens (tertiary/aromatic N) is 2. The summed E-state index contributed by atoms with van der Waals surface area (Å²) in [5.41, 5.74) is 1.73. The molecule has 0 radical (unpaired) electrons. The zero-order chi connectivity index (χ0) is 18.2. The van der Waals surface area contributed by atoms with Crippen LogP contribution in [0.1, 0.15) is 18.4 Å². The predicted molar refractivity (Wildman–Crippen MR) is 92.3 cm³/mol. The fourth-order valence-corrected chi connectivity index (χ4v) is 1.94. The number of carboxylic acids is 1. The lowest BCUT2D eigenvalue weighted by molar-refractivity contribution is -0.384. The molecule has 0 spiro atoms. The lowest BCUT2D eigenvalue weighted by atomic mass is 10.2. The van der Waals surface area contributed by atoms with Gasteiger partial charge in [-0.15, -0.1) is 0 Å². The molecule has 1 amide bonds. The number of hydrogen-bond donors (Lipinski definition) is 2. The highest BCUT2D eigenvalue weighted by atomic mass is 16.6. The number of nitro groups is 1. The zero-order valence-electron chi connectivity index (χ0n) is 13.1. The van der Waals surface area contributed by atoms with Crippen molar-refractivity contribution in [3.05, 3.63) is 64.2 Å². The van der Waals surface area contributed by atoms with Crippen LogP contribution in [0.2, 0.25) is 0 Å². The van der Waals surface area contributed by atoms with Gasteiger partial charge in [-0.1, -0.05) is 12.1 Å². The van der Waals surface area contributed by atoms with Gasteiger partial charge in [-0.05, 0) is 29.8 Å². The van der Waals surface area contributed by atoms with Crippen molar-refractivity contribution < 1.29 is 19.6 Å². The number of carbonyl (C=O) groups is 2. The van der Waals surface area contributed by atoms with Crippen molar-refractivity contribution >= 4 is 35.2 Å². The SMILES string of the molecule is O=C(O)CCC(=O)Nc1ccc(N=Cc2cccc([N+](=O)[O-])c2)cc1. The van der Waals surface area contributed by atoms with Crippen LogP contribution in [0, 0.1) is 10.1 Å². The van der Waals surface area contributed by atoms with Crippen LogP contribution in [-0.2, 0) is 9.59 Å². The maximum atomic E-state index is 11.5. The van der Waals surface area contributed by atoms with Gasteiger partial charge >= 0.3 is 5.97 Å². The van der Waals surface area contributed by atoms with Crippen molar-refractivity contribution in [1.29, 1.82) is 0 Å². The maximum Gasteiger partial charge on any atom is 0.303 e. The van der Waals surface area contributed by atoms with Crippen LogP contribution < -0.4 is 5.32 Å². The number of amides is 1. The first kappa shape index (κ1) is 17.8. The largest absolute Gasteiger partial charge is 0.481 e. The van der Waals surface area contributed by atoms with E-state index in [9.17, 15) is 19.7 Å². The molecule has 2 aromatic rings. The summed E-state index contributed by atoms with van der Waals surface area (Å²) >= 11 is 0. The van der Waals surface area contributed by atoms with Gasteiger partial charge in [-0.3, -0.25) is 24.7 Å². The molecule has 25 heavy (non-hydrogen) atoms. The lowest BCUT2D eigenvalue weighted by Crippen LogP contribution is -2.12. The topological polar surface area (TPSA) is 122 Å². The van der Waals surface area contributed by atoms with Crippen LogP contribution in [-0.4, -0.2) is 28.1 Å². The number of aliphatic carboxylic acids is 1. The number of non-ortho nitro benzene ring substituents is 1. The van der Waals surface area contributed by atoms with E-state index in [2.05, 4.69) is 10.3 Å². The Morgan fingerprint density at radius 1 is 1.16 bits per heavy atom. The van der Waals surface area contributed by atoms with Crippen molar-refractivity contribution in [2.24, 2.45) is 4.99 Å². The van der Waals surface area contributed by atoms with Gasteiger partial charge in [0, 0.05) is 30.5 Å². The van der Waals surface area contributed by atoms with Crippen LogP contribution in [0.4, 0.5) is 17.1 Å². The summed E-state index contributed by atoms with van der Waals surface area (Å²) in [5.74, 6) is -1.41. The van der Waals surface area contributed by atoms with Crippen molar-refractivity contribution in [3.8, 4) is 0 Å². The Morgan fingerprint density at radius 3 is 2.52 bits per heavy atom. The average Bonchev–Trinajstić information content (AvgIpc) is 2.59. The molecule has 0 aromatic heterocycles. The van der Waals surface area contributed by atoms with Crippen LogP contribution in [0.25, 0.3) is 0 Å². The normalized spacial score (nSPS) is 10.6. The first-order chi connectivity index (χ1) is 11.9. The molecule has 2 rings (SSSR count). The van der Waals surface area contributed by atoms with E-state index in [1.807, 2.05) is 0 Å². The highest BCUT2D eigenvalue weighted by molar-refractivity contribution is 5.92. The minimum atomic E-state index is -1.03. The molecule has 2 N–H and O–H groups in total. The Bertz CT molecular complexity index is 815. The molecule has 128 valence electrons. The highest BCUT2D eigenvalue weighted by Crippen LogP contribution is 2.17. The molecule has 0 heterocycles. The molecule has 0 saturated carbocycles. The number of nitrogens with one attached hydrogen (secondary N) is 1. The molecule has 8 nitrogen and oxygen atoms in total. The Hall–Kier alpha value is -3.55. The molecular weight excluding hydrogens is 326 g/mol. The second-order valence-electron chi connectivity index (χ2n) is 5.10. The summed E-state index contributed by atoms with van der Waals surface area (Å²) < 4.78 is 0. The number of anilines is 1. The number of hydrogen-bond acceptors (Lipinski definition) is 5. The molecule has 0 aliphatic heterocycles. The molecular formula is C17H15N3O5. The number of aliphatic imine (C=N–C) groups is 1. The summed E-state index contributed by atoms with van der Waals surface area (Å²) in [6, 6.07) is 12.7. The third-order valence-corrected chi connectivity index (χ3v) is 3.16. The zero-order valence-corrected chi connectivity index (χ0v) is 13.1. The van der Waals surface area contributed by atoms with E-state index in [1.54, 1.807) is 36.4 Å². The average molecular weight is 341 g/mol. The first-order valence-corrected chi connectivity index (χ1v) is 7.34. The maximum absolute atomic E-state index is 11.5. The summed E-state index contributed by atoms with van der Waals surface area (Å²) in [4.78, 5) is 36.4.